The van der Waals surface area contributed by atoms with Crippen LogP contribution in [0.1, 0.15) is 62.1 Å². The maximum Gasteiger partial charge on any atom is 0.248 e. The molecule has 0 aliphatic heterocycles. The highest BCUT2D eigenvalue weighted by Crippen LogP contribution is 2.34. The van der Waals surface area contributed by atoms with Crippen LogP contribution < -0.4 is 15.5 Å². The molecular formula is C28H33ClN4O4. The number of nitrogens with one attached hydrogen (secondary N) is 2. The number of aromatic nitrogens is 1. The molecule has 0 unspecified atom stereocenters. The highest BCUT2D eigenvalue weighted by molar-refractivity contribution is 6.31. The molecule has 9 heteroatoms. The van der Waals surface area contributed by atoms with Gasteiger partial charge in [0.25, 0.3) is 0 Å². The summed E-state index contributed by atoms with van der Waals surface area (Å²) in [4.78, 5) is 41.5. The monoisotopic (exact) mass is 524 g/mol. The Morgan fingerprint density at radius 1 is 1.00 bits per heavy atom. The quantitative estimate of drug-likeness (QED) is 0.395. The molecule has 2 aromatic carbocycles. The van der Waals surface area contributed by atoms with Crippen molar-refractivity contribution in [3.63, 3.8) is 0 Å². The predicted molar refractivity (Wildman–Crippen MR) is 145 cm³/mol. The first-order valence-corrected chi connectivity index (χ1v) is 12.4. The molecule has 0 spiro atoms. The first kappa shape index (κ1) is 27.9. The minimum Gasteiger partial charge on any atom is -0.360 e. The van der Waals surface area contributed by atoms with Gasteiger partial charge in [-0.1, -0.05) is 41.0 Å². The fourth-order valence-electron chi connectivity index (χ4n) is 4.03. The van der Waals surface area contributed by atoms with E-state index in [2.05, 4.69) is 15.8 Å². The summed E-state index contributed by atoms with van der Waals surface area (Å²) >= 11 is 6.55. The number of nitrogens with zero attached hydrogens (tertiary/aromatic N) is 2. The van der Waals surface area contributed by atoms with Gasteiger partial charge in [-0.05, 0) is 70.9 Å². The number of amides is 3. The predicted octanol–water partition coefficient (Wildman–Crippen LogP) is 5.66. The zero-order chi connectivity index (χ0) is 27.3. The lowest BCUT2D eigenvalue weighted by Gasteiger charge is -2.34. The molecular weight excluding hydrogens is 492 g/mol. The van der Waals surface area contributed by atoms with Crippen molar-refractivity contribution < 1.29 is 18.9 Å². The molecule has 3 aromatic rings. The lowest BCUT2D eigenvalue weighted by molar-refractivity contribution is -0.128. The van der Waals surface area contributed by atoms with Crippen molar-refractivity contribution in [1.82, 2.24) is 10.5 Å². The van der Waals surface area contributed by atoms with E-state index in [1.54, 1.807) is 37.3 Å². The number of hydrogen-bond acceptors (Lipinski definition) is 5. The largest absolute Gasteiger partial charge is 0.360 e. The Kier molecular flexibility index (Phi) is 8.76. The van der Waals surface area contributed by atoms with Gasteiger partial charge in [-0.3, -0.25) is 19.3 Å². The first-order valence-electron chi connectivity index (χ1n) is 12.0. The maximum absolute atomic E-state index is 13.8. The average Bonchev–Trinajstić information content (AvgIpc) is 3.18. The minimum atomic E-state index is -1.05. The molecule has 0 aliphatic carbocycles. The topological polar surface area (TPSA) is 105 Å². The zero-order valence-electron chi connectivity index (χ0n) is 22.0. The lowest BCUT2D eigenvalue weighted by Crippen LogP contribution is -2.49. The van der Waals surface area contributed by atoms with Crippen molar-refractivity contribution in [2.45, 2.75) is 66.0 Å². The highest BCUT2D eigenvalue weighted by Gasteiger charge is 2.35. The van der Waals surface area contributed by atoms with Crippen LogP contribution in [0, 0.1) is 20.8 Å². The normalized spacial score (nSPS) is 12.1. The molecule has 0 radical (unpaired) electrons. The van der Waals surface area contributed by atoms with E-state index in [9.17, 15) is 14.4 Å². The summed E-state index contributed by atoms with van der Waals surface area (Å²) in [7, 11) is 0. The van der Waals surface area contributed by atoms with Gasteiger partial charge < -0.3 is 15.2 Å². The molecule has 0 bridgehead atoms. The Morgan fingerprint density at radius 2 is 1.65 bits per heavy atom. The van der Waals surface area contributed by atoms with Gasteiger partial charge in [0, 0.05) is 40.7 Å². The van der Waals surface area contributed by atoms with Crippen LogP contribution in [0.3, 0.4) is 0 Å². The fourth-order valence-corrected chi connectivity index (χ4v) is 4.27. The summed E-state index contributed by atoms with van der Waals surface area (Å²) in [5.74, 6) is -0.337. The van der Waals surface area contributed by atoms with Crippen LogP contribution in [0.5, 0.6) is 0 Å². The van der Waals surface area contributed by atoms with Crippen molar-refractivity contribution in [3.8, 4) is 0 Å². The third-order valence-electron chi connectivity index (χ3n) is 5.42. The van der Waals surface area contributed by atoms with E-state index in [-0.39, 0.29) is 24.6 Å². The van der Waals surface area contributed by atoms with Gasteiger partial charge in [0.05, 0.1) is 0 Å². The van der Waals surface area contributed by atoms with Gasteiger partial charge in [-0.15, -0.1) is 0 Å². The van der Waals surface area contributed by atoms with Crippen LogP contribution >= 0.6 is 11.6 Å². The van der Waals surface area contributed by atoms with Crippen molar-refractivity contribution in [2.75, 3.05) is 10.2 Å². The molecule has 0 saturated carbocycles. The standard InChI is InChI=1S/C28H33ClN4O4/c1-17-13-18(2)15-20(14-17)33(25(35)12-11-24(34)30-23-16-19(3)37-32-23)26(27(36)31-28(4,5)6)21-9-7-8-10-22(21)29/h7-10,13-16,26H,11-12H2,1-6H3,(H,31,36)(H,30,32,34)/t26-/m1/s1. The van der Waals surface area contributed by atoms with E-state index in [1.165, 1.54) is 4.90 Å². The molecule has 2 N–H and O–H groups in total. The lowest BCUT2D eigenvalue weighted by atomic mass is 9.99. The summed E-state index contributed by atoms with van der Waals surface area (Å²) in [5, 5.41) is 9.72. The third-order valence-corrected chi connectivity index (χ3v) is 5.76. The summed E-state index contributed by atoms with van der Waals surface area (Å²) in [6, 6.07) is 13.2. The second kappa shape index (κ2) is 11.6. The Bertz CT molecular complexity index is 1280. The zero-order valence-corrected chi connectivity index (χ0v) is 22.8. The molecule has 0 fully saturated rings. The van der Waals surface area contributed by atoms with Crippen molar-refractivity contribution >= 4 is 40.8 Å². The van der Waals surface area contributed by atoms with Gasteiger partial charge in [0.1, 0.15) is 11.8 Å². The molecule has 37 heavy (non-hydrogen) atoms. The Labute approximate surface area is 222 Å². The molecule has 3 rings (SSSR count). The maximum atomic E-state index is 13.8. The number of carbonyl (C=O) groups is 3. The van der Waals surface area contributed by atoms with Crippen molar-refractivity contribution in [3.05, 3.63) is 76.0 Å². The summed E-state index contributed by atoms with van der Waals surface area (Å²) in [6.45, 7) is 11.2. The Balaban J connectivity index is 2.01. The molecule has 8 nitrogen and oxygen atoms in total. The van der Waals surface area contributed by atoms with Crippen LogP contribution in [-0.4, -0.2) is 28.4 Å². The summed E-state index contributed by atoms with van der Waals surface area (Å²) < 4.78 is 4.97. The van der Waals surface area contributed by atoms with Crippen molar-refractivity contribution in [2.24, 2.45) is 0 Å². The van der Waals surface area contributed by atoms with Gasteiger partial charge in [-0.25, -0.2) is 0 Å². The SMILES string of the molecule is Cc1cc(C)cc(N(C(=O)CCC(=O)Nc2cc(C)on2)[C@@H](C(=O)NC(C)(C)C)c2ccccc2Cl)c1. The number of carbonyl (C=O) groups excluding carboxylic acids is 3. The third kappa shape index (κ3) is 7.67. The second-order valence-electron chi connectivity index (χ2n) is 10.1. The van der Waals surface area contributed by atoms with Gasteiger partial charge in [-0.2, -0.15) is 0 Å². The van der Waals surface area contributed by atoms with E-state index >= 15 is 0 Å². The average molecular weight is 525 g/mol. The molecule has 1 heterocycles. The summed E-state index contributed by atoms with van der Waals surface area (Å²) in [6.07, 6.45) is -0.248. The molecule has 0 aliphatic rings. The number of benzene rings is 2. The van der Waals surface area contributed by atoms with Gasteiger partial charge in [0.2, 0.25) is 17.7 Å². The number of rotatable bonds is 8. The minimum absolute atomic E-state index is 0.109. The van der Waals surface area contributed by atoms with E-state index < -0.39 is 23.4 Å². The van der Waals surface area contributed by atoms with E-state index in [0.29, 0.717) is 22.0 Å². The van der Waals surface area contributed by atoms with Crippen LogP contribution in [0.15, 0.2) is 53.1 Å². The molecule has 3 amide bonds. The first-order chi connectivity index (χ1) is 17.3. The molecule has 1 atom stereocenters. The number of halogens is 1. The smallest absolute Gasteiger partial charge is 0.248 e. The Hall–Kier alpha value is -3.65. The molecule has 1 aromatic heterocycles. The van der Waals surface area contributed by atoms with E-state index in [4.69, 9.17) is 16.1 Å². The van der Waals surface area contributed by atoms with Crippen LogP contribution in [0.25, 0.3) is 0 Å². The highest BCUT2D eigenvalue weighted by atomic mass is 35.5. The second-order valence-corrected chi connectivity index (χ2v) is 10.6. The Morgan fingerprint density at radius 3 is 2.22 bits per heavy atom. The van der Waals surface area contributed by atoms with Crippen LogP contribution in [0.2, 0.25) is 5.02 Å². The van der Waals surface area contributed by atoms with Gasteiger partial charge in [0.15, 0.2) is 5.82 Å². The van der Waals surface area contributed by atoms with Crippen LogP contribution in [0.4, 0.5) is 11.5 Å². The van der Waals surface area contributed by atoms with E-state index in [0.717, 1.165) is 11.1 Å². The van der Waals surface area contributed by atoms with E-state index in [1.807, 2.05) is 52.8 Å². The molecule has 0 saturated heterocycles. The fraction of sp³-hybridized carbons (Fsp3) is 0.357. The number of anilines is 2. The summed E-state index contributed by atoms with van der Waals surface area (Å²) in [5.41, 5.74) is 2.34. The number of aryl methyl sites for hydroxylation is 3. The van der Waals surface area contributed by atoms with Crippen LogP contribution in [-0.2, 0) is 14.4 Å². The number of hydrogen-bond donors (Lipinski definition) is 2. The molecule has 196 valence electrons. The van der Waals surface area contributed by atoms with Gasteiger partial charge >= 0.3 is 0 Å². The van der Waals surface area contributed by atoms with Crippen molar-refractivity contribution in [1.29, 1.82) is 0 Å².